The molecule has 0 atom stereocenters. The Morgan fingerprint density at radius 2 is 1.33 bits per heavy atom. The summed E-state index contributed by atoms with van der Waals surface area (Å²) in [7, 11) is 0. The molecule has 2 heteroatoms. The SMILES string of the molecule is CC(C)C1CCN(C(=O)C(c2ccccc2)c2ccccc2)CC1. The third-order valence-electron chi connectivity index (χ3n) is 5.31. The number of rotatable bonds is 4. The van der Waals surface area contributed by atoms with Gasteiger partial charge in [0.25, 0.3) is 0 Å². The predicted molar refractivity (Wildman–Crippen MR) is 98.9 cm³/mol. The van der Waals surface area contributed by atoms with E-state index < -0.39 is 0 Å². The van der Waals surface area contributed by atoms with E-state index >= 15 is 0 Å². The van der Waals surface area contributed by atoms with Crippen LogP contribution in [0.25, 0.3) is 0 Å². The Morgan fingerprint density at radius 1 is 0.875 bits per heavy atom. The molecule has 1 fully saturated rings. The minimum Gasteiger partial charge on any atom is -0.342 e. The molecule has 1 aliphatic rings. The first-order valence-corrected chi connectivity index (χ1v) is 9.05. The first kappa shape index (κ1) is 16.8. The maximum Gasteiger partial charge on any atom is 0.234 e. The van der Waals surface area contributed by atoms with Gasteiger partial charge >= 0.3 is 0 Å². The molecule has 24 heavy (non-hydrogen) atoms. The molecule has 1 heterocycles. The molecule has 0 N–H and O–H groups in total. The summed E-state index contributed by atoms with van der Waals surface area (Å²) in [6.07, 6.45) is 2.25. The standard InChI is InChI=1S/C22H27NO/c1-17(2)18-13-15-23(16-14-18)22(24)21(19-9-5-3-6-10-19)20-11-7-4-8-12-20/h3-12,17-18,21H,13-16H2,1-2H3. The summed E-state index contributed by atoms with van der Waals surface area (Å²) in [5.41, 5.74) is 2.17. The Morgan fingerprint density at radius 3 is 1.75 bits per heavy atom. The molecule has 0 aromatic heterocycles. The van der Waals surface area contributed by atoms with Gasteiger partial charge in [0.1, 0.15) is 0 Å². The minimum absolute atomic E-state index is 0.192. The third-order valence-corrected chi connectivity index (χ3v) is 5.31. The first-order chi connectivity index (χ1) is 11.7. The lowest BCUT2D eigenvalue weighted by molar-refractivity contribution is -0.133. The van der Waals surface area contributed by atoms with E-state index in [1.165, 1.54) is 0 Å². The summed E-state index contributed by atoms with van der Waals surface area (Å²) < 4.78 is 0. The van der Waals surface area contributed by atoms with Crippen molar-refractivity contribution in [3.05, 3.63) is 71.8 Å². The number of hydrogen-bond acceptors (Lipinski definition) is 1. The summed E-state index contributed by atoms with van der Waals surface area (Å²) in [6, 6.07) is 20.3. The Hall–Kier alpha value is -2.09. The van der Waals surface area contributed by atoms with Crippen LogP contribution in [0.15, 0.2) is 60.7 Å². The zero-order valence-corrected chi connectivity index (χ0v) is 14.7. The van der Waals surface area contributed by atoms with Gasteiger partial charge in [-0.1, -0.05) is 74.5 Å². The van der Waals surface area contributed by atoms with Gasteiger partial charge in [0.15, 0.2) is 0 Å². The Labute approximate surface area is 145 Å². The van der Waals surface area contributed by atoms with E-state index in [4.69, 9.17) is 0 Å². The third kappa shape index (κ3) is 3.69. The lowest BCUT2D eigenvalue weighted by atomic mass is 9.85. The highest BCUT2D eigenvalue weighted by Gasteiger charge is 2.30. The van der Waals surface area contributed by atoms with Crippen LogP contribution in [-0.2, 0) is 4.79 Å². The van der Waals surface area contributed by atoms with Gasteiger partial charge in [0.05, 0.1) is 5.92 Å². The van der Waals surface area contributed by atoms with Crippen LogP contribution >= 0.6 is 0 Å². The first-order valence-electron chi connectivity index (χ1n) is 9.05. The van der Waals surface area contributed by atoms with E-state index in [1.807, 2.05) is 36.4 Å². The number of carbonyl (C=O) groups is 1. The number of likely N-dealkylation sites (tertiary alicyclic amines) is 1. The van der Waals surface area contributed by atoms with Crippen LogP contribution in [0.2, 0.25) is 0 Å². The van der Waals surface area contributed by atoms with Gasteiger partial charge in [-0.3, -0.25) is 4.79 Å². The van der Waals surface area contributed by atoms with Gasteiger partial charge in [0.2, 0.25) is 5.91 Å². The van der Waals surface area contributed by atoms with Crippen molar-refractivity contribution >= 4 is 5.91 Å². The molecule has 2 aromatic carbocycles. The van der Waals surface area contributed by atoms with Crippen molar-refractivity contribution < 1.29 is 4.79 Å². The predicted octanol–water partition coefficient (Wildman–Crippen LogP) is 4.71. The highest BCUT2D eigenvalue weighted by Crippen LogP contribution is 2.30. The summed E-state index contributed by atoms with van der Waals surface area (Å²) in [5, 5.41) is 0. The van der Waals surface area contributed by atoms with E-state index in [0.717, 1.165) is 43.0 Å². The fourth-order valence-corrected chi connectivity index (χ4v) is 3.74. The number of amides is 1. The van der Waals surface area contributed by atoms with E-state index in [1.54, 1.807) is 0 Å². The van der Waals surface area contributed by atoms with Gasteiger partial charge in [-0.2, -0.15) is 0 Å². The topological polar surface area (TPSA) is 20.3 Å². The fourth-order valence-electron chi connectivity index (χ4n) is 3.74. The second-order valence-electron chi connectivity index (χ2n) is 7.16. The van der Waals surface area contributed by atoms with E-state index in [0.29, 0.717) is 5.92 Å². The van der Waals surface area contributed by atoms with Crippen molar-refractivity contribution in [2.45, 2.75) is 32.6 Å². The monoisotopic (exact) mass is 321 g/mol. The van der Waals surface area contributed by atoms with Crippen molar-refractivity contribution in [1.82, 2.24) is 4.90 Å². The summed E-state index contributed by atoms with van der Waals surface area (Å²) >= 11 is 0. The number of benzene rings is 2. The molecule has 126 valence electrons. The van der Waals surface area contributed by atoms with Gasteiger partial charge < -0.3 is 4.90 Å². The molecule has 1 aliphatic heterocycles. The quantitative estimate of drug-likeness (QED) is 0.798. The Balaban J connectivity index is 1.83. The normalized spacial score (nSPS) is 15.9. The molecule has 3 rings (SSSR count). The number of hydrogen-bond donors (Lipinski definition) is 0. The van der Waals surface area contributed by atoms with Crippen LogP contribution < -0.4 is 0 Å². The Bertz CT molecular complexity index is 603. The van der Waals surface area contributed by atoms with Crippen molar-refractivity contribution in [2.24, 2.45) is 11.8 Å². The van der Waals surface area contributed by atoms with Crippen molar-refractivity contribution in [3.8, 4) is 0 Å². The van der Waals surface area contributed by atoms with Crippen LogP contribution in [-0.4, -0.2) is 23.9 Å². The van der Waals surface area contributed by atoms with E-state index in [9.17, 15) is 4.79 Å². The van der Waals surface area contributed by atoms with Gasteiger partial charge in [0, 0.05) is 13.1 Å². The number of carbonyl (C=O) groups excluding carboxylic acids is 1. The second-order valence-corrected chi connectivity index (χ2v) is 7.16. The summed E-state index contributed by atoms with van der Waals surface area (Å²) in [4.78, 5) is 15.4. The largest absolute Gasteiger partial charge is 0.342 e. The van der Waals surface area contributed by atoms with Crippen LogP contribution in [0.4, 0.5) is 0 Å². The molecule has 1 saturated heterocycles. The molecule has 1 amide bonds. The van der Waals surface area contributed by atoms with Crippen LogP contribution in [0.3, 0.4) is 0 Å². The van der Waals surface area contributed by atoms with Crippen LogP contribution in [0, 0.1) is 11.8 Å². The molecule has 0 radical (unpaired) electrons. The maximum atomic E-state index is 13.3. The minimum atomic E-state index is -0.192. The van der Waals surface area contributed by atoms with Crippen molar-refractivity contribution in [2.75, 3.05) is 13.1 Å². The van der Waals surface area contributed by atoms with Gasteiger partial charge in [-0.15, -0.1) is 0 Å². The zero-order chi connectivity index (χ0) is 16.9. The second kappa shape index (κ2) is 7.65. The van der Waals surface area contributed by atoms with E-state index in [-0.39, 0.29) is 11.8 Å². The summed E-state index contributed by atoms with van der Waals surface area (Å²) in [6.45, 7) is 6.35. The number of nitrogens with zero attached hydrogens (tertiary/aromatic N) is 1. The smallest absolute Gasteiger partial charge is 0.234 e. The zero-order valence-electron chi connectivity index (χ0n) is 14.7. The van der Waals surface area contributed by atoms with Gasteiger partial charge in [-0.25, -0.2) is 0 Å². The molecule has 2 aromatic rings. The molecule has 2 nitrogen and oxygen atoms in total. The van der Waals surface area contributed by atoms with Gasteiger partial charge in [-0.05, 0) is 35.8 Å². The average molecular weight is 321 g/mol. The molecular formula is C22H27NO. The number of piperidine rings is 1. The highest BCUT2D eigenvalue weighted by molar-refractivity contribution is 5.87. The van der Waals surface area contributed by atoms with E-state index in [2.05, 4.69) is 43.0 Å². The van der Waals surface area contributed by atoms with Crippen molar-refractivity contribution in [3.63, 3.8) is 0 Å². The summed E-state index contributed by atoms with van der Waals surface area (Å²) in [5.74, 6) is 1.51. The molecule has 0 spiro atoms. The highest BCUT2D eigenvalue weighted by atomic mass is 16.2. The fraction of sp³-hybridized carbons (Fsp3) is 0.409. The molecule has 0 bridgehead atoms. The average Bonchev–Trinajstić information content (AvgIpc) is 2.64. The Kier molecular flexibility index (Phi) is 5.34. The molecular weight excluding hydrogens is 294 g/mol. The van der Waals surface area contributed by atoms with Crippen molar-refractivity contribution in [1.29, 1.82) is 0 Å². The van der Waals surface area contributed by atoms with Crippen LogP contribution in [0.5, 0.6) is 0 Å². The lowest BCUT2D eigenvalue weighted by Gasteiger charge is -2.36. The lowest BCUT2D eigenvalue weighted by Crippen LogP contribution is -2.42. The molecule has 0 unspecified atom stereocenters. The maximum absolute atomic E-state index is 13.3. The molecule has 0 aliphatic carbocycles. The molecule has 0 saturated carbocycles. The van der Waals surface area contributed by atoms with Crippen LogP contribution in [0.1, 0.15) is 43.7 Å².